The summed E-state index contributed by atoms with van der Waals surface area (Å²) in [5.74, 6) is 0.296. The Hall–Kier alpha value is -2.50. The van der Waals surface area contributed by atoms with Crippen molar-refractivity contribution in [3.8, 4) is 5.69 Å². The number of likely N-dealkylation sites (tertiary alicyclic amines) is 1. The molecule has 1 fully saturated rings. The fourth-order valence-electron chi connectivity index (χ4n) is 3.66. The quantitative estimate of drug-likeness (QED) is 0.769. The molecule has 5 nitrogen and oxygen atoms in total. The van der Waals surface area contributed by atoms with Crippen LogP contribution in [0.3, 0.4) is 0 Å². The molecule has 0 radical (unpaired) electrons. The number of hydrogen-bond donors (Lipinski definition) is 1. The fourth-order valence-corrected chi connectivity index (χ4v) is 3.66. The van der Waals surface area contributed by atoms with Gasteiger partial charge in [-0.1, -0.05) is 18.2 Å². The van der Waals surface area contributed by atoms with Gasteiger partial charge in [-0.2, -0.15) is 0 Å². The van der Waals surface area contributed by atoms with Crippen LogP contribution in [0.1, 0.15) is 30.2 Å². The molecule has 1 atom stereocenters. The lowest BCUT2D eigenvalue weighted by Gasteiger charge is -2.34. The third-order valence-electron chi connectivity index (χ3n) is 5.21. The van der Waals surface area contributed by atoms with E-state index in [4.69, 9.17) is 0 Å². The summed E-state index contributed by atoms with van der Waals surface area (Å²) in [5.41, 5.74) is 3.24. The van der Waals surface area contributed by atoms with E-state index in [-0.39, 0.29) is 0 Å². The minimum absolute atomic E-state index is 0.296. The van der Waals surface area contributed by atoms with E-state index in [1.165, 1.54) is 5.56 Å². The van der Waals surface area contributed by atoms with Crippen molar-refractivity contribution in [2.45, 2.75) is 25.5 Å². The normalized spacial score (nSPS) is 17.3. The summed E-state index contributed by atoms with van der Waals surface area (Å²) < 4.78 is 2.01. The largest absolute Gasteiger partial charge is 0.387 e. The van der Waals surface area contributed by atoms with E-state index >= 15 is 0 Å². The lowest BCUT2D eigenvalue weighted by atomic mass is 9.89. The molecule has 1 aliphatic heterocycles. The molecule has 0 bridgehead atoms. The maximum Gasteiger partial charge on any atom is 0.0991 e. The number of pyridine rings is 1. The molecule has 4 rings (SSSR count). The maximum atomic E-state index is 10.6. The Morgan fingerprint density at radius 2 is 1.85 bits per heavy atom. The van der Waals surface area contributed by atoms with Crippen molar-refractivity contribution in [3.05, 3.63) is 78.6 Å². The molecule has 1 aromatic carbocycles. The monoisotopic (exact) mass is 348 g/mol. The lowest BCUT2D eigenvalue weighted by molar-refractivity contribution is 0.0540. The topological polar surface area (TPSA) is 54.2 Å². The van der Waals surface area contributed by atoms with Crippen molar-refractivity contribution < 1.29 is 5.11 Å². The summed E-state index contributed by atoms with van der Waals surface area (Å²) in [6, 6.07) is 14.4. The fraction of sp³-hybridized carbons (Fsp3) is 0.333. The van der Waals surface area contributed by atoms with E-state index in [2.05, 4.69) is 39.1 Å². The summed E-state index contributed by atoms with van der Waals surface area (Å²) >= 11 is 0. The SMILES string of the molecule is O[C@H](c1ccccn1)C1CCN(Cc2ccc(-n3ccnc3)cc2)CC1. The summed E-state index contributed by atoms with van der Waals surface area (Å²) in [7, 11) is 0. The third kappa shape index (κ3) is 3.84. The van der Waals surface area contributed by atoms with E-state index in [0.717, 1.165) is 43.9 Å². The summed E-state index contributed by atoms with van der Waals surface area (Å²) in [4.78, 5) is 10.9. The average molecular weight is 348 g/mol. The predicted molar refractivity (Wildman–Crippen MR) is 101 cm³/mol. The molecule has 1 aliphatic rings. The van der Waals surface area contributed by atoms with Crippen LogP contribution in [0.25, 0.3) is 5.69 Å². The molecule has 1 saturated heterocycles. The highest BCUT2D eigenvalue weighted by atomic mass is 16.3. The zero-order chi connectivity index (χ0) is 17.8. The van der Waals surface area contributed by atoms with Crippen LogP contribution in [-0.2, 0) is 6.54 Å². The van der Waals surface area contributed by atoms with Crippen LogP contribution in [0.4, 0.5) is 0 Å². The highest BCUT2D eigenvalue weighted by molar-refractivity contribution is 5.34. The number of piperidine rings is 1. The summed E-state index contributed by atoms with van der Waals surface area (Å²) in [5, 5.41) is 10.6. The highest BCUT2D eigenvalue weighted by Gasteiger charge is 2.26. The lowest BCUT2D eigenvalue weighted by Crippen LogP contribution is -2.35. The smallest absolute Gasteiger partial charge is 0.0991 e. The Morgan fingerprint density at radius 3 is 2.50 bits per heavy atom. The molecule has 0 spiro atoms. The van der Waals surface area contributed by atoms with Gasteiger partial charge in [0.2, 0.25) is 0 Å². The molecule has 3 aromatic rings. The van der Waals surface area contributed by atoms with Gasteiger partial charge in [0.25, 0.3) is 0 Å². The van der Waals surface area contributed by atoms with Gasteiger partial charge in [0.15, 0.2) is 0 Å². The van der Waals surface area contributed by atoms with Gasteiger partial charge >= 0.3 is 0 Å². The second kappa shape index (κ2) is 7.81. The molecule has 5 heteroatoms. The van der Waals surface area contributed by atoms with Crippen LogP contribution in [0.15, 0.2) is 67.4 Å². The molecule has 2 aromatic heterocycles. The first-order valence-electron chi connectivity index (χ1n) is 9.18. The molecular weight excluding hydrogens is 324 g/mol. The Labute approximate surface area is 154 Å². The van der Waals surface area contributed by atoms with Gasteiger partial charge in [0, 0.05) is 30.8 Å². The minimum Gasteiger partial charge on any atom is -0.387 e. The van der Waals surface area contributed by atoms with E-state index in [0.29, 0.717) is 5.92 Å². The van der Waals surface area contributed by atoms with Gasteiger partial charge in [0.05, 0.1) is 18.1 Å². The first kappa shape index (κ1) is 16.9. The molecular formula is C21H24N4O. The van der Waals surface area contributed by atoms with Gasteiger partial charge in [-0.25, -0.2) is 4.98 Å². The Kier molecular flexibility index (Phi) is 5.09. The molecule has 0 saturated carbocycles. The summed E-state index contributed by atoms with van der Waals surface area (Å²) in [6.45, 7) is 2.98. The van der Waals surface area contributed by atoms with Gasteiger partial charge < -0.3 is 9.67 Å². The van der Waals surface area contributed by atoms with Crippen molar-refractivity contribution >= 4 is 0 Å². The number of imidazole rings is 1. The minimum atomic E-state index is -0.451. The predicted octanol–water partition coefficient (Wildman–Crippen LogP) is 3.21. The van der Waals surface area contributed by atoms with E-state index in [9.17, 15) is 5.11 Å². The first-order chi connectivity index (χ1) is 12.8. The van der Waals surface area contributed by atoms with E-state index < -0.39 is 6.10 Å². The number of benzene rings is 1. The number of rotatable bonds is 5. The van der Waals surface area contributed by atoms with Crippen molar-refractivity contribution in [3.63, 3.8) is 0 Å². The second-order valence-corrected chi connectivity index (χ2v) is 6.95. The van der Waals surface area contributed by atoms with E-state index in [1.807, 2.05) is 35.3 Å². The average Bonchev–Trinajstić information content (AvgIpc) is 3.24. The van der Waals surface area contributed by atoms with Crippen LogP contribution in [0, 0.1) is 5.92 Å². The first-order valence-corrected chi connectivity index (χ1v) is 9.18. The van der Waals surface area contributed by atoms with E-state index in [1.54, 1.807) is 12.4 Å². The molecule has 134 valence electrons. The molecule has 0 unspecified atom stereocenters. The van der Waals surface area contributed by atoms with Gasteiger partial charge in [-0.3, -0.25) is 9.88 Å². The standard InChI is InChI=1S/C21H24N4O/c26-21(20-3-1-2-10-23-20)18-8-12-24(13-9-18)15-17-4-6-19(7-5-17)25-14-11-22-16-25/h1-7,10-11,14,16,18,21,26H,8-9,12-13,15H2/t21-/m0/s1. The summed E-state index contributed by atoms with van der Waals surface area (Å²) in [6.07, 6.45) is 8.86. The van der Waals surface area contributed by atoms with Crippen molar-refractivity contribution in [2.24, 2.45) is 5.92 Å². The number of nitrogens with zero attached hydrogens (tertiary/aromatic N) is 4. The van der Waals surface area contributed by atoms with Gasteiger partial charge in [0.1, 0.15) is 0 Å². The van der Waals surface area contributed by atoms with Crippen LogP contribution in [0.5, 0.6) is 0 Å². The zero-order valence-electron chi connectivity index (χ0n) is 14.8. The van der Waals surface area contributed by atoms with Crippen LogP contribution in [-0.4, -0.2) is 37.6 Å². The number of aliphatic hydroxyl groups excluding tert-OH is 1. The maximum absolute atomic E-state index is 10.6. The molecule has 3 heterocycles. The highest BCUT2D eigenvalue weighted by Crippen LogP contribution is 2.30. The third-order valence-corrected chi connectivity index (χ3v) is 5.21. The van der Waals surface area contributed by atoms with Crippen LogP contribution >= 0.6 is 0 Å². The van der Waals surface area contributed by atoms with Crippen LogP contribution < -0.4 is 0 Å². The zero-order valence-corrected chi connectivity index (χ0v) is 14.8. The Morgan fingerprint density at radius 1 is 1.04 bits per heavy atom. The van der Waals surface area contributed by atoms with Crippen molar-refractivity contribution in [1.29, 1.82) is 0 Å². The van der Waals surface area contributed by atoms with Gasteiger partial charge in [-0.15, -0.1) is 0 Å². The molecule has 26 heavy (non-hydrogen) atoms. The van der Waals surface area contributed by atoms with Crippen LogP contribution in [0.2, 0.25) is 0 Å². The number of hydrogen-bond acceptors (Lipinski definition) is 4. The van der Waals surface area contributed by atoms with Crippen molar-refractivity contribution in [1.82, 2.24) is 19.4 Å². The molecule has 0 amide bonds. The van der Waals surface area contributed by atoms with Crippen molar-refractivity contribution in [2.75, 3.05) is 13.1 Å². The Bertz CT molecular complexity index is 794. The Balaban J connectivity index is 1.31. The number of aliphatic hydroxyl groups is 1. The van der Waals surface area contributed by atoms with Gasteiger partial charge in [-0.05, 0) is 61.7 Å². The molecule has 0 aliphatic carbocycles. The molecule has 1 N–H and O–H groups in total. The second-order valence-electron chi connectivity index (χ2n) is 6.95. The number of aromatic nitrogens is 3.